The standard InChI is InChI=1S/C17H26ClFN2O.ClH/c1-4-22-17-14(18)10-13(11-15(17)19)16(9-12(2)3)21-7-5-20-6-8-21;/h10-12,16,20H,4-9H2,1-3H3;1H/t16-;/m1./s1. The summed E-state index contributed by atoms with van der Waals surface area (Å²) in [5, 5.41) is 3.72. The molecule has 1 aliphatic rings. The molecule has 1 aliphatic heterocycles. The van der Waals surface area contributed by atoms with Crippen LogP contribution in [0.5, 0.6) is 5.75 Å². The summed E-state index contributed by atoms with van der Waals surface area (Å²) in [4.78, 5) is 2.42. The number of rotatable bonds is 6. The molecule has 1 aromatic carbocycles. The van der Waals surface area contributed by atoms with Crippen molar-refractivity contribution in [3.63, 3.8) is 0 Å². The minimum Gasteiger partial charge on any atom is -0.489 e. The van der Waals surface area contributed by atoms with E-state index in [1.807, 2.05) is 13.0 Å². The first-order valence-corrected chi connectivity index (χ1v) is 8.47. The van der Waals surface area contributed by atoms with Crippen LogP contribution in [0, 0.1) is 11.7 Å². The van der Waals surface area contributed by atoms with Gasteiger partial charge in [0.05, 0.1) is 11.6 Å². The van der Waals surface area contributed by atoms with Crippen LogP contribution < -0.4 is 10.1 Å². The Labute approximate surface area is 149 Å². The zero-order valence-corrected chi connectivity index (χ0v) is 15.6. The number of ether oxygens (including phenoxy) is 1. The van der Waals surface area contributed by atoms with Gasteiger partial charge in [-0.15, -0.1) is 12.4 Å². The highest BCUT2D eigenvalue weighted by molar-refractivity contribution is 6.32. The summed E-state index contributed by atoms with van der Waals surface area (Å²) in [6.07, 6.45) is 0.990. The lowest BCUT2D eigenvalue weighted by molar-refractivity contribution is 0.153. The van der Waals surface area contributed by atoms with Crippen LogP contribution in [0.15, 0.2) is 12.1 Å². The van der Waals surface area contributed by atoms with E-state index in [1.165, 1.54) is 0 Å². The molecule has 132 valence electrons. The highest BCUT2D eigenvalue weighted by atomic mass is 35.5. The molecular weight excluding hydrogens is 338 g/mol. The Balaban J connectivity index is 0.00000264. The fraction of sp³-hybridized carbons (Fsp3) is 0.647. The second-order valence-corrected chi connectivity index (χ2v) is 6.59. The Morgan fingerprint density at radius 3 is 2.48 bits per heavy atom. The second kappa shape index (κ2) is 9.67. The number of hydrogen-bond donors (Lipinski definition) is 1. The molecule has 0 aliphatic carbocycles. The van der Waals surface area contributed by atoms with E-state index < -0.39 is 0 Å². The Hall–Kier alpha value is -0.550. The molecule has 0 radical (unpaired) electrons. The molecule has 1 heterocycles. The van der Waals surface area contributed by atoms with Crippen molar-refractivity contribution in [3.05, 3.63) is 28.5 Å². The fourth-order valence-corrected chi connectivity index (χ4v) is 3.26. The predicted molar refractivity (Wildman–Crippen MR) is 96.5 cm³/mol. The molecule has 1 N–H and O–H groups in total. The number of hydrogen-bond acceptors (Lipinski definition) is 3. The van der Waals surface area contributed by atoms with E-state index in [0.29, 0.717) is 17.5 Å². The van der Waals surface area contributed by atoms with E-state index in [0.717, 1.165) is 38.2 Å². The number of benzene rings is 1. The van der Waals surface area contributed by atoms with Gasteiger partial charge in [0, 0.05) is 32.2 Å². The maximum atomic E-state index is 14.3. The first-order chi connectivity index (χ1) is 10.5. The van der Waals surface area contributed by atoms with Gasteiger partial charge in [-0.2, -0.15) is 0 Å². The van der Waals surface area contributed by atoms with Crippen LogP contribution in [0.1, 0.15) is 38.8 Å². The molecule has 1 saturated heterocycles. The third kappa shape index (κ3) is 5.49. The van der Waals surface area contributed by atoms with Crippen LogP contribution in [0.2, 0.25) is 5.02 Å². The summed E-state index contributed by atoms with van der Waals surface area (Å²) in [6, 6.07) is 3.65. The summed E-state index contributed by atoms with van der Waals surface area (Å²) < 4.78 is 19.6. The molecule has 1 fully saturated rings. The van der Waals surface area contributed by atoms with Crippen molar-refractivity contribution in [2.75, 3.05) is 32.8 Å². The molecule has 0 unspecified atom stereocenters. The Morgan fingerprint density at radius 2 is 1.96 bits per heavy atom. The van der Waals surface area contributed by atoms with Gasteiger partial charge in [-0.3, -0.25) is 4.90 Å². The van der Waals surface area contributed by atoms with Crippen molar-refractivity contribution in [1.29, 1.82) is 0 Å². The predicted octanol–water partition coefficient (Wildman–Crippen LogP) is 4.29. The van der Waals surface area contributed by atoms with Gasteiger partial charge >= 0.3 is 0 Å². The van der Waals surface area contributed by atoms with Crippen LogP contribution in [0.3, 0.4) is 0 Å². The van der Waals surface area contributed by atoms with Gasteiger partial charge in [0.1, 0.15) is 0 Å². The third-order valence-electron chi connectivity index (χ3n) is 3.98. The smallest absolute Gasteiger partial charge is 0.173 e. The highest BCUT2D eigenvalue weighted by Crippen LogP contribution is 2.35. The number of halogens is 3. The van der Waals surface area contributed by atoms with Gasteiger partial charge in [0.15, 0.2) is 11.6 Å². The van der Waals surface area contributed by atoms with E-state index in [2.05, 4.69) is 24.1 Å². The van der Waals surface area contributed by atoms with E-state index in [1.54, 1.807) is 6.07 Å². The molecule has 23 heavy (non-hydrogen) atoms. The van der Waals surface area contributed by atoms with Crippen molar-refractivity contribution in [1.82, 2.24) is 10.2 Å². The maximum Gasteiger partial charge on any atom is 0.173 e. The number of nitrogens with zero attached hydrogens (tertiary/aromatic N) is 1. The molecule has 0 spiro atoms. The first-order valence-electron chi connectivity index (χ1n) is 8.09. The molecule has 0 amide bonds. The second-order valence-electron chi connectivity index (χ2n) is 6.18. The summed E-state index contributed by atoms with van der Waals surface area (Å²) in [5.74, 6) is 0.332. The maximum absolute atomic E-state index is 14.3. The van der Waals surface area contributed by atoms with E-state index in [-0.39, 0.29) is 30.0 Å². The van der Waals surface area contributed by atoms with Crippen molar-refractivity contribution < 1.29 is 9.13 Å². The van der Waals surface area contributed by atoms with Crippen molar-refractivity contribution >= 4 is 24.0 Å². The van der Waals surface area contributed by atoms with Gasteiger partial charge < -0.3 is 10.1 Å². The van der Waals surface area contributed by atoms with E-state index in [9.17, 15) is 4.39 Å². The average molecular weight is 365 g/mol. The topological polar surface area (TPSA) is 24.5 Å². The highest BCUT2D eigenvalue weighted by Gasteiger charge is 2.25. The van der Waals surface area contributed by atoms with Crippen molar-refractivity contribution in [2.24, 2.45) is 5.92 Å². The molecule has 3 nitrogen and oxygen atoms in total. The summed E-state index contributed by atoms with van der Waals surface area (Å²) in [5.41, 5.74) is 0.946. The lowest BCUT2D eigenvalue weighted by atomic mass is 9.94. The fourth-order valence-electron chi connectivity index (χ4n) is 2.99. The molecule has 1 aromatic rings. The van der Waals surface area contributed by atoms with E-state index in [4.69, 9.17) is 16.3 Å². The molecule has 0 aromatic heterocycles. The Morgan fingerprint density at radius 1 is 1.30 bits per heavy atom. The van der Waals surface area contributed by atoms with E-state index >= 15 is 0 Å². The molecule has 2 rings (SSSR count). The van der Waals surface area contributed by atoms with Crippen LogP contribution in [0.25, 0.3) is 0 Å². The normalized spacial score (nSPS) is 17.0. The van der Waals surface area contributed by atoms with Gasteiger partial charge in [0.25, 0.3) is 0 Å². The summed E-state index contributed by atoms with van der Waals surface area (Å²) in [7, 11) is 0. The third-order valence-corrected chi connectivity index (χ3v) is 4.26. The first kappa shape index (κ1) is 20.5. The lowest BCUT2D eigenvalue weighted by Gasteiger charge is -2.36. The quantitative estimate of drug-likeness (QED) is 0.814. The van der Waals surface area contributed by atoms with Crippen LogP contribution in [-0.4, -0.2) is 37.7 Å². The monoisotopic (exact) mass is 364 g/mol. The summed E-state index contributed by atoms with van der Waals surface area (Å²) in [6.45, 7) is 10.5. The zero-order valence-electron chi connectivity index (χ0n) is 14.1. The molecule has 0 bridgehead atoms. The van der Waals surface area contributed by atoms with Crippen molar-refractivity contribution in [2.45, 2.75) is 33.2 Å². The molecule has 1 atom stereocenters. The molecular formula is C17H27Cl2FN2O. The zero-order chi connectivity index (χ0) is 16.1. The molecule has 6 heteroatoms. The SMILES string of the molecule is CCOc1c(F)cc([C@@H](CC(C)C)N2CCNCC2)cc1Cl.Cl. The Kier molecular flexibility index (Phi) is 8.62. The minimum absolute atomic E-state index is 0. The Bertz CT molecular complexity index is 470. The van der Waals surface area contributed by atoms with Crippen molar-refractivity contribution in [3.8, 4) is 5.75 Å². The summed E-state index contributed by atoms with van der Waals surface area (Å²) >= 11 is 6.24. The largest absolute Gasteiger partial charge is 0.489 e. The van der Waals surface area contributed by atoms with Crippen LogP contribution in [-0.2, 0) is 0 Å². The van der Waals surface area contributed by atoms with Gasteiger partial charge in [-0.25, -0.2) is 4.39 Å². The number of piperazine rings is 1. The van der Waals surface area contributed by atoms with Gasteiger partial charge in [-0.1, -0.05) is 25.4 Å². The lowest BCUT2D eigenvalue weighted by Crippen LogP contribution is -2.45. The number of nitrogens with one attached hydrogen (secondary N) is 1. The van der Waals surface area contributed by atoms with Crippen LogP contribution >= 0.6 is 24.0 Å². The molecule has 0 saturated carbocycles. The van der Waals surface area contributed by atoms with Gasteiger partial charge in [0.2, 0.25) is 0 Å². The van der Waals surface area contributed by atoms with Gasteiger partial charge in [-0.05, 0) is 37.0 Å². The minimum atomic E-state index is -0.367. The van der Waals surface area contributed by atoms with Crippen LogP contribution in [0.4, 0.5) is 4.39 Å². The average Bonchev–Trinajstić information content (AvgIpc) is 2.49.